The highest BCUT2D eigenvalue weighted by Gasteiger charge is 2.16. The number of fused-ring (bicyclic) bond motifs is 1. The van der Waals surface area contributed by atoms with Crippen LogP contribution in [0.25, 0.3) is 0 Å². The second kappa shape index (κ2) is 5.41. The van der Waals surface area contributed by atoms with Crippen LogP contribution in [0.1, 0.15) is 48.9 Å². The summed E-state index contributed by atoms with van der Waals surface area (Å²) in [5.74, 6) is 0. The van der Waals surface area contributed by atoms with Crippen LogP contribution in [0.15, 0.2) is 18.2 Å². The highest BCUT2D eigenvalue weighted by molar-refractivity contribution is 7.88. The summed E-state index contributed by atoms with van der Waals surface area (Å²) in [7, 11) is -3.15. The maximum absolute atomic E-state index is 11.4. The van der Waals surface area contributed by atoms with Crippen molar-refractivity contribution in [3.8, 4) is 0 Å². The van der Waals surface area contributed by atoms with E-state index in [1.54, 1.807) is 0 Å². The van der Waals surface area contributed by atoms with Gasteiger partial charge in [0.05, 0.1) is 6.26 Å². The predicted molar refractivity (Wildman–Crippen MR) is 74.1 cm³/mol. The highest BCUT2D eigenvalue weighted by atomic mass is 32.2. The Balaban J connectivity index is 2.26. The van der Waals surface area contributed by atoms with Crippen molar-refractivity contribution in [2.24, 2.45) is 0 Å². The van der Waals surface area contributed by atoms with E-state index in [1.165, 1.54) is 30.2 Å². The molecule has 1 aliphatic carbocycles. The summed E-state index contributed by atoms with van der Waals surface area (Å²) in [6.45, 7) is 2.00. The number of sulfonamides is 1. The maximum atomic E-state index is 11.4. The summed E-state index contributed by atoms with van der Waals surface area (Å²) < 4.78 is 25.4. The van der Waals surface area contributed by atoms with E-state index in [9.17, 15) is 8.42 Å². The lowest BCUT2D eigenvalue weighted by Gasteiger charge is -2.21. The Labute approximate surface area is 110 Å². The van der Waals surface area contributed by atoms with Crippen molar-refractivity contribution in [2.45, 2.75) is 45.1 Å². The van der Waals surface area contributed by atoms with Gasteiger partial charge in [0, 0.05) is 6.04 Å². The SMILES string of the molecule is CC[C@@H](NS(C)(=O)=O)c1ccc2c(c1)CCCC2. The first-order valence-electron chi connectivity index (χ1n) is 6.58. The molecule has 18 heavy (non-hydrogen) atoms. The van der Waals surface area contributed by atoms with Crippen molar-refractivity contribution in [3.05, 3.63) is 34.9 Å². The minimum Gasteiger partial charge on any atom is -0.213 e. The van der Waals surface area contributed by atoms with E-state index in [4.69, 9.17) is 0 Å². The van der Waals surface area contributed by atoms with Gasteiger partial charge in [-0.2, -0.15) is 0 Å². The van der Waals surface area contributed by atoms with E-state index in [-0.39, 0.29) is 6.04 Å². The third-order valence-corrected chi connectivity index (χ3v) is 4.25. The second-order valence-corrected chi connectivity index (χ2v) is 6.87. The minimum absolute atomic E-state index is 0.104. The van der Waals surface area contributed by atoms with Crippen LogP contribution < -0.4 is 4.72 Å². The van der Waals surface area contributed by atoms with Gasteiger partial charge < -0.3 is 0 Å². The van der Waals surface area contributed by atoms with Gasteiger partial charge in [-0.1, -0.05) is 25.1 Å². The quantitative estimate of drug-likeness (QED) is 0.911. The largest absolute Gasteiger partial charge is 0.213 e. The monoisotopic (exact) mass is 267 g/mol. The Morgan fingerprint density at radius 3 is 2.50 bits per heavy atom. The molecule has 0 spiro atoms. The molecule has 1 N–H and O–H groups in total. The van der Waals surface area contributed by atoms with Crippen molar-refractivity contribution < 1.29 is 8.42 Å². The molecule has 0 unspecified atom stereocenters. The molecule has 3 nitrogen and oxygen atoms in total. The lowest BCUT2D eigenvalue weighted by Crippen LogP contribution is -2.27. The van der Waals surface area contributed by atoms with E-state index in [1.807, 2.05) is 6.92 Å². The van der Waals surface area contributed by atoms with Gasteiger partial charge in [-0.25, -0.2) is 13.1 Å². The second-order valence-electron chi connectivity index (χ2n) is 5.09. The van der Waals surface area contributed by atoms with Crippen molar-refractivity contribution in [3.63, 3.8) is 0 Å². The molecule has 4 heteroatoms. The third-order valence-electron chi connectivity index (χ3n) is 3.54. The standard InChI is InChI=1S/C14H21NO2S/c1-3-14(15-18(2,16)17)13-9-8-11-6-4-5-7-12(11)10-13/h8-10,14-15H,3-7H2,1-2H3/t14-/m1/s1. The lowest BCUT2D eigenvalue weighted by atomic mass is 9.89. The highest BCUT2D eigenvalue weighted by Crippen LogP contribution is 2.26. The number of hydrogen-bond donors (Lipinski definition) is 1. The van der Waals surface area contributed by atoms with Crippen LogP contribution >= 0.6 is 0 Å². The molecule has 0 amide bonds. The summed E-state index contributed by atoms with van der Waals surface area (Å²) in [5, 5.41) is 0. The molecular weight excluding hydrogens is 246 g/mol. The first kappa shape index (κ1) is 13.6. The Morgan fingerprint density at radius 2 is 1.89 bits per heavy atom. The van der Waals surface area contributed by atoms with Gasteiger partial charge in [0.25, 0.3) is 0 Å². The molecule has 0 fully saturated rings. The van der Waals surface area contributed by atoms with Crippen molar-refractivity contribution in [1.82, 2.24) is 4.72 Å². The van der Waals surface area contributed by atoms with Crippen LogP contribution in [-0.4, -0.2) is 14.7 Å². The first-order valence-corrected chi connectivity index (χ1v) is 8.47. The fraction of sp³-hybridized carbons (Fsp3) is 0.571. The summed E-state index contributed by atoms with van der Waals surface area (Å²) in [6.07, 6.45) is 6.78. The summed E-state index contributed by atoms with van der Waals surface area (Å²) in [5.41, 5.74) is 3.91. The number of benzene rings is 1. The van der Waals surface area contributed by atoms with E-state index >= 15 is 0 Å². The van der Waals surface area contributed by atoms with E-state index in [2.05, 4.69) is 22.9 Å². The van der Waals surface area contributed by atoms with Gasteiger partial charge in [-0.3, -0.25) is 0 Å². The van der Waals surface area contributed by atoms with E-state index in [0.717, 1.165) is 24.8 Å². The molecule has 0 heterocycles. The van der Waals surface area contributed by atoms with Crippen LogP contribution in [0.4, 0.5) is 0 Å². The molecule has 2 rings (SSSR count). The third kappa shape index (κ3) is 3.33. The van der Waals surface area contributed by atoms with E-state index < -0.39 is 10.0 Å². The predicted octanol–water partition coefficient (Wildman–Crippen LogP) is 2.57. The smallest absolute Gasteiger partial charge is 0.209 e. The first-order chi connectivity index (χ1) is 8.49. The van der Waals surface area contributed by atoms with Crippen LogP contribution in [0, 0.1) is 0 Å². The molecule has 0 aliphatic heterocycles. The number of aryl methyl sites for hydroxylation is 2. The van der Waals surface area contributed by atoms with Gasteiger partial charge in [-0.15, -0.1) is 0 Å². The number of nitrogens with one attached hydrogen (secondary N) is 1. The average molecular weight is 267 g/mol. The molecule has 0 aromatic heterocycles. The minimum atomic E-state index is -3.15. The molecule has 0 saturated heterocycles. The summed E-state index contributed by atoms with van der Waals surface area (Å²) in [6, 6.07) is 6.31. The summed E-state index contributed by atoms with van der Waals surface area (Å²) >= 11 is 0. The molecule has 0 radical (unpaired) electrons. The van der Waals surface area contributed by atoms with Crippen molar-refractivity contribution >= 4 is 10.0 Å². The average Bonchev–Trinajstić information content (AvgIpc) is 2.34. The van der Waals surface area contributed by atoms with Crippen LogP contribution in [0.2, 0.25) is 0 Å². The number of hydrogen-bond acceptors (Lipinski definition) is 2. The maximum Gasteiger partial charge on any atom is 0.209 e. The Bertz CT molecular complexity index is 523. The Morgan fingerprint density at radius 1 is 1.22 bits per heavy atom. The fourth-order valence-corrected chi connectivity index (χ4v) is 3.44. The molecule has 0 bridgehead atoms. The van der Waals surface area contributed by atoms with Crippen LogP contribution in [-0.2, 0) is 22.9 Å². The molecule has 0 saturated carbocycles. The molecule has 1 aliphatic rings. The molecular formula is C14H21NO2S. The number of rotatable bonds is 4. The van der Waals surface area contributed by atoms with Gasteiger partial charge >= 0.3 is 0 Å². The lowest BCUT2D eigenvalue weighted by molar-refractivity contribution is 0.555. The van der Waals surface area contributed by atoms with Gasteiger partial charge in [0.15, 0.2) is 0 Å². The van der Waals surface area contributed by atoms with E-state index in [0.29, 0.717) is 0 Å². The molecule has 100 valence electrons. The van der Waals surface area contributed by atoms with Gasteiger partial charge in [-0.05, 0) is 48.8 Å². The molecule has 1 atom stereocenters. The topological polar surface area (TPSA) is 46.2 Å². The van der Waals surface area contributed by atoms with Crippen molar-refractivity contribution in [2.75, 3.05) is 6.26 Å². The zero-order valence-electron chi connectivity index (χ0n) is 11.1. The Hall–Kier alpha value is -0.870. The molecule has 1 aromatic carbocycles. The summed E-state index contributed by atoms with van der Waals surface area (Å²) in [4.78, 5) is 0. The van der Waals surface area contributed by atoms with Crippen LogP contribution in [0.5, 0.6) is 0 Å². The molecule has 1 aromatic rings. The van der Waals surface area contributed by atoms with Gasteiger partial charge in [0.2, 0.25) is 10.0 Å². The zero-order chi connectivity index (χ0) is 13.2. The normalized spacial score (nSPS) is 17.2. The van der Waals surface area contributed by atoms with Crippen molar-refractivity contribution in [1.29, 1.82) is 0 Å². The van der Waals surface area contributed by atoms with Crippen LogP contribution in [0.3, 0.4) is 0 Å². The fourth-order valence-electron chi connectivity index (χ4n) is 2.62. The van der Waals surface area contributed by atoms with Gasteiger partial charge in [0.1, 0.15) is 0 Å². The Kier molecular flexibility index (Phi) is 4.07. The zero-order valence-corrected chi connectivity index (χ0v) is 11.9.